The lowest BCUT2D eigenvalue weighted by molar-refractivity contribution is 0.133. The Morgan fingerprint density at radius 3 is 2.89 bits per heavy atom. The molecule has 5 rings (SSSR count). The zero-order valence-corrected chi connectivity index (χ0v) is 14.8. The summed E-state index contributed by atoms with van der Waals surface area (Å²) in [5, 5.41) is 5.41. The predicted octanol–water partition coefficient (Wildman–Crippen LogP) is 1.26. The van der Waals surface area contributed by atoms with Crippen molar-refractivity contribution >= 4 is 22.5 Å². The fraction of sp³-hybridized carbons (Fsp3) is 0.278. The van der Waals surface area contributed by atoms with Crippen molar-refractivity contribution in [1.82, 2.24) is 34.4 Å². The average molecular weight is 362 g/mol. The van der Waals surface area contributed by atoms with E-state index in [0.717, 1.165) is 30.0 Å². The summed E-state index contributed by atoms with van der Waals surface area (Å²) in [6, 6.07) is 5.72. The minimum absolute atomic E-state index is 0.293. The number of rotatable bonds is 4. The second-order valence-corrected chi connectivity index (χ2v) is 6.61. The summed E-state index contributed by atoms with van der Waals surface area (Å²) in [5.74, 6) is 2.09. The second kappa shape index (κ2) is 6.13. The van der Waals surface area contributed by atoms with E-state index in [0.29, 0.717) is 35.3 Å². The van der Waals surface area contributed by atoms with Crippen LogP contribution in [0, 0.1) is 0 Å². The third-order valence-electron chi connectivity index (χ3n) is 4.88. The third kappa shape index (κ3) is 2.63. The Morgan fingerprint density at radius 2 is 2.11 bits per heavy atom. The van der Waals surface area contributed by atoms with E-state index in [-0.39, 0.29) is 0 Å². The fourth-order valence-electron chi connectivity index (χ4n) is 3.51. The standard InChI is InChI=1S/C18H18N8O/c1-27-14-4-2-3-12-16(14)23-18(19)26-17(12)22-15(24-26)10-25-8-11(9-25)13-7-20-5-6-21-13/h2-7,11H,8-10H2,1H3,(H2,19,23). The Hall–Kier alpha value is -3.33. The van der Waals surface area contributed by atoms with E-state index in [2.05, 4.69) is 25.0 Å². The molecule has 0 spiro atoms. The number of anilines is 1. The molecule has 1 aliphatic rings. The van der Waals surface area contributed by atoms with Crippen molar-refractivity contribution in [3.8, 4) is 5.75 Å². The smallest absolute Gasteiger partial charge is 0.223 e. The predicted molar refractivity (Wildman–Crippen MR) is 99.3 cm³/mol. The third-order valence-corrected chi connectivity index (χ3v) is 4.88. The summed E-state index contributed by atoms with van der Waals surface area (Å²) in [7, 11) is 1.61. The van der Waals surface area contributed by atoms with E-state index in [1.807, 2.05) is 24.4 Å². The molecule has 0 unspecified atom stereocenters. The summed E-state index contributed by atoms with van der Waals surface area (Å²) < 4.78 is 6.98. The minimum atomic E-state index is 0.293. The molecule has 0 radical (unpaired) electrons. The Balaban J connectivity index is 1.42. The van der Waals surface area contributed by atoms with Gasteiger partial charge in [-0.25, -0.2) is 9.97 Å². The van der Waals surface area contributed by atoms with Crippen LogP contribution in [0.3, 0.4) is 0 Å². The van der Waals surface area contributed by atoms with Gasteiger partial charge in [0.15, 0.2) is 11.5 Å². The number of methoxy groups -OCH3 is 1. The van der Waals surface area contributed by atoms with Gasteiger partial charge in [-0.1, -0.05) is 6.07 Å². The Morgan fingerprint density at radius 1 is 1.22 bits per heavy atom. The first kappa shape index (κ1) is 15.9. The van der Waals surface area contributed by atoms with Crippen molar-refractivity contribution in [2.75, 3.05) is 25.9 Å². The van der Waals surface area contributed by atoms with Crippen LogP contribution in [0.25, 0.3) is 16.6 Å². The number of ether oxygens (including phenoxy) is 1. The minimum Gasteiger partial charge on any atom is -0.494 e. The Labute approximate surface area is 154 Å². The average Bonchev–Trinajstić information content (AvgIpc) is 3.10. The molecule has 3 aromatic heterocycles. The van der Waals surface area contributed by atoms with Crippen LogP contribution in [-0.4, -0.2) is 54.6 Å². The molecule has 0 bridgehead atoms. The van der Waals surface area contributed by atoms with Gasteiger partial charge in [-0.3, -0.25) is 14.9 Å². The van der Waals surface area contributed by atoms with E-state index in [9.17, 15) is 0 Å². The highest BCUT2D eigenvalue weighted by Crippen LogP contribution is 2.29. The highest BCUT2D eigenvalue weighted by molar-refractivity contribution is 5.95. The lowest BCUT2D eigenvalue weighted by Gasteiger charge is -2.37. The number of nitrogens with two attached hydrogens (primary N) is 1. The van der Waals surface area contributed by atoms with Crippen molar-refractivity contribution in [3.63, 3.8) is 0 Å². The van der Waals surface area contributed by atoms with Crippen molar-refractivity contribution < 1.29 is 4.74 Å². The van der Waals surface area contributed by atoms with E-state index < -0.39 is 0 Å². The van der Waals surface area contributed by atoms with E-state index in [4.69, 9.17) is 15.5 Å². The summed E-state index contributed by atoms with van der Waals surface area (Å²) in [6.45, 7) is 2.48. The van der Waals surface area contributed by atoms with Gasteiger partial charge in [0.1, 0.15) is 11.3 Å². The summed E-state index contributed by atoms with van der Waals surface area (Å²) in [4.78, 5) is 19.9. The molecule has 1 saturated heterocycles. The number of benzene rings is 1. The molecule has 1 fully saturated rings. The molecule has 4 aromatic rings. The molecule has 136 valence electrons. The first-order valence-corrected chi connectivity index (χ1v) is 8.69. The van der Waals surface area contributed by atoms with Crippen LogP contribution in [0.5, 0.6) is 5.75 Å². The number of likely N-dealkylation sites (tertiary alicyclic amines) is 1. The topological polar surface area (TPSA) is 107 Å². The van der Waals surface area contributed by atoms with Crippen molar-refractivity contribution in [2.24, 2.45) is 0 Å². The molecule has 0 atom stereocenters. The highest BCUT2D eigenvalue weighted by Gasteiger charge is 2.30. The van der Waals surface area contributed by atoms with Gasteiger partial charge in [0.2, 0.25) is 5.95 Å². The maximum absolute atomic E-state index is 6.10. The first-order chi connectivity index (χ1) is 13.2. The van der Waals surface area contributed by atoms with Gasteiger partial charge >= 0.3 is 0 Å². The van der Waals surface area contributed by atoms with Crippen LogP contribution in [0.4, 0.5) is 5.95 Å². The first-order valence-electron chi connectivity index (χ1n) is 8.69. The monoisotopic (exact) mass is 362 g/mol. The van der Waals surface area contributed by atoms with Crippen molar-refractivity contribution in [1.29, 1.82) is 0 Å². The van der Waals surface area contributed by atoms with Gasteiger partial charge in [0.05, 0.1) is 19.3 Å². The molecule has 27 heavy (non-hydrogen) atoms. The molecule has 2 N–H and O–H groups in total. The molecule has 1 aromatic carbocycles. The lowest BCUT2D eigenvalue weighted by Crippen LogP contribution is -2.44. The van der Waals surface area contributed by atoms with Gasteiger partial charge in [0.25, 0.3) is 0 Å². The maximum Gasteiger partial charge on any atom is 0.223 e. The van der Waals surface area contributed by atoms with Crippen LogP contribution in [0.2, 0.25) is 0 Å². The molecule has 0 saturated carbocycles. The summed E-state index contributed by atoms with van der Waals surface area (Å²) in [6.07, 6.45) is 5.26. The maximum atomic E-state index is 6.10. The van der Waals surface area contributed by atoms with Crippen LogP contribution in [-0.2, 0) is 6.54 Å². The van der Waals surface area contributed by atoms with Crippen molar-refractivity contribution in [3.05, 3.63) is 48.3 Å². The number of hydrogen-bond acceptors (Lipinski definition) is 8. The molecule has 0 amide bonds. The largest absolute Gasteiger partial charge is 0.494 e. The van der Waals surface area contributed by atoms with E-state index in [1.165, 1.54) is 0 Å². The normalized spacial score (nSPS) is 15.3. The highest BCUT2D eigenvalue weighted by atomic mass is 16.5. The second-order valence-electron chi connectivity index (χ2n) is 6.61. The Kier molecular flexibility index (Phi) is 3.61. The van der Waals surface area contributed by atoms with Crippen LogP contribution < -0.4 is 10.5 Å². The molecule has 0 aliphatic carbocycles. The number of nitrogen functional groups attached to an aromatic ring is 1. The van der Waals surface area contributed by atoms with E-state index in [1.54, 1.807) is 24.0 Å². The summed E-state index contributed by atoms with van der Waals surface area (Å²) in [5.41, 5.74) is 8.51. The van der Waals surface area contributed by atoms with Gasteiger partial charge in [-0.05, 0) is 12.1 Å². The number of fused-ring (bicyclic) bond motifs is 3. The Bertz CT molecular complexity index is 1120. The molecular formula is C18H18N8O. The van der Waals surface area contributed by atoms with Gasteiger partial charge in [-0.15, -0.1) is 5.10 Å². The molecule has 4 heterocycles. The number of aromatic nitrogens is 6. The number of hydrogen-bond donors (Lipinski definition) is 1. The fourth-order valence-corrected chi connectivity index (χ4v) is 3.51. The number of para-hydroxylation sites is 1. The van der Waals surface area contributed by atoms with E-state index >= 15 is 0 Å². The zero-order chi connectivity index (χ0) is 18.4. The van der Waals surface area contributed by atoms with Gasteiger partial charge in [-0.2, -0.15) is 4.52 Å². The summed E-state index contributed by atoms with van der Waals surface area (Å²) >= 11 is 0. The van der Waals surface area contributed by atoms with Gasteiger partial charge < -0.3 is 10.5 Å². The molecule has 9 nitrogen and oxygen atoms in total. The zero-order valence-electron chi connectivity index (χ0n) is 14.8. The van der Waals surface area contributed by atoms with Crippen LogP contribution in [0.1, 0.15) is 17.4 Å². The molecule has 1 aliphatic heterocycles. The van der Waals surface area contributed by atoms with Crippen LogP contribution >= 0.6 is 0 Å². The molecular weight excluding hydrogens is 344 g/mol. The lowest BCUT2D eigenvalue weighted by atomic mass is 9.97. The number of nitrogens with zero attached hydrogens (tertiary/aromatic N) is 7. The van der Waals surface area contributed by atoms with Crippen molar-refractivity contribution in [2.45, 2.75) is 12.5 Å². The van der Waals surface area contributed by atoms with Gasteiger partial charge in [0, 0.05) is 43.0 Å². The SMILES string of the molecule is COc1cccc2c1nc(N)n1nc(CN3CC(c4cnccn4)C3)nc21. The quantitative estimate of drug-likeness (QED) is 0.578. The molecule has 9 heteroatoms. The van der Waals surface area contributed by atoms with Crippen LogP contribution in [0.15, 0.2) is 36.8 Å².